The van der Waals surface area contributed by atoms with E-state index in [1.165, 1.54) is 12.1 Å². The summed E-state index contributed by atoms with van der Waals surface area (Å²) in [5.74, 6) is -5.14. The maximum atomic E-state index is 11.3. The lowest BCUT2D eigenvalue weighted by Crippen LogP contribution is -2.45. The standard InChI is InChI=1S/C18H18O10Si2/c1-30(2,28-10-4-6-12(16(21)22)14(8-10)18(25)26)29-27-9-3-5-11(15(19)20)13(7-9)17(23)24/h3-8H,29H2,1-2H3,(H,19,20)(H,21,22)(H,23,24)(H,25,26). The first kappa shape index (κ1) is 22.6. The maximum Gasteiger partial charge on any atom is 0.336 e. The lowest BCUT2D eigenvalue weighted by atomic mass is 10.1. The predicted octanol–water partition coefficient (Wildman–Crippen LogP) is 1.72. The highest BCUT2D eigenvalue weighted by Gasteiger charge is 2.29. The highest BCUT2D eigenvalue weighted by atomic mass is 29.2. The third-order valence-electron chi connectivity index (χ3n) is 3.88. The number of carboxylic acid groups (broad SMARTS) is 4. The molecule has 2 aromatic rings. The Morgan fingerprint density at radius 2 is 1.10 bits per heavy atom. The number of carboxylic acids is 4. The van der Waals surface area contributed by atoms with Crippen molar-refractivity contribution >= 4 is 41.0 Å². The van der Waals surface area contributed by atoms with Gasteiger partial charge in [-0.2, -0.15) is 0 Å². The van der Waals surface area contributed by atoms with Gasteiger partial charge in [0, 0.05) is 0 Å². The Kier molecular flexibility index (Phi) is 6.64. The minimum atomic E-state index is -2.50. The molecule has 10 nitrogen and oxygen atoms in total. The van der Waals surface area contributed by atoms with Crippen LogP contribution >= 0.6 is 0 Å². The molecular formula is C18H18O10Si2. The molecule has 0 aliphatic rings. The van der Waals surface area contributed by atoms with Crippen molar-refractivity contribution in [3.63, 3.8) is 0 Å². The van der Waals surface area contributed by atoms with E-state index in [9.17, 15) is 29.4 Å². The zero-order valence-corrected chi connectivity index (χ0v) is 18.3. The van der Waals surface area contributed by atoms with Gasteiger partial charge in [0.25, 0.3) is 17.1 Å². The van der Waals surface area contributed by atoms with E-state index in [0.717, 1.165) is 24.3 Å². The van der Waals surface area contributed by atoms with Gasteiger partial charge in [-0.25, -0.2) is 19.2 Å². The summed E-state index contributed by atoms with van der Waals surface area (Å²) in [6.07, 6.45) is 0. The fourth-order valence-corrected chi connectivity index (χ4v) is 6.27. The Morgan fingerprint density at radius 1 is 0.700 bits per heavy atom. The Hall–Kier alpha value is -3.65. The number of benzene rings is 2. The van der Waals surface area contributed by atoms with E-state index in [4.69, 9.17) is 19.1 Å². The summed E-state index contributed by atoms with van der Waals surface area (Å²) >= 11 is 0. The third-order valence-corrected chi connectivity index (χ3v) is 8.80. The van der Waals surface area contributed by atoms with E-state index in [2.05, 4.69) is 0 Å². The van der Waals surface area contributed by atoms with Gasteiger partial charge in [-0.1, -0.05) is 0 Å². The van der Waals surface area contributed by atoms with Crippen LogP contribution in [0.4, 0.5) is 0 Å². The molecule has 0 bridgehead atoms. The Labute approximate surface area is 173 Å². The van der Waals surface area contributed by atoms with Gasteiger partial charge in [-0.15, -0.1) is 0 Å². The monoisotopic (exact) mass is 450 g/mol. The third kappa shape index (κ3) is 5.45. The number of rotatable bonds is 9. The number of hydrogen-bond acceptors (Lipinski definition) is 6. The van der Waals surface area contributed by atoms with Crippen LogP contribution in [0.3, 0.4) is 0 Å². The van der Waals surface area contributed by atoms with E-state index in [-0.39, 0.29) is 22.6 Å². The van der Waals surface area contributed by atoms with Crippen molar-refractivity contribution in [2.75, 3.05) is 0 Å². The minimum Gasteiger partial charge on any atom is -0.548 e. The molecule has 0 radical (unpaired) electrons. The molecule has 2 aromatic carbocycles. The molecule has 158 valence electrons. The van der Waals surface area contributed by atoms with Crippen molar-refractivity contribution in [2.45, 2.75) is 13.1 Å². The summed E-state index contributed by atoms with van der Waals surface area (Å²) < 4.78 is 11.6. The number of aromatic carboxylic acids is 4. The van der Waals surface area contributed by atoms with Crippen molar-refractivity contribution in [3.05, 3.63) is 58.7 Å². The summed E-state index contributed by atoms with van der Waals surface area (Å²) in [6.45, 7) is 3.63. The van der Waals surface area contributed by atoms with Gasteiger partial charge in [0.05, 0.1) is 22.3 Å². The average Bonchev–Trinajstić information content (AvgIpc) is 2.65. The van der Waals surface area contributed by atoms with E-state index in [1.807, 2.05) is 13.1 Å². The molecule has 0 saturated carbocycles. The van der Waals surface area contributed by atoms with Crippen LogP contribution in [0.15, 0.2) is 36.4 Å². The molecule has 2 rings (SSSR count). The van der Waals surface area contributed by atoms with Crippen molar-refractivity contribution in [2.24, 2.45) is 0 Å². The van der Waals surface area contributed by atoms with Crippen molar-refractivity contribution in [3.8, 4) is 11.5 Å². The quantitative estimate of drug-likeness (QED) is 0.413. The van der Waals surface area contributed by atoms with Gasteiger partial charge in [0.2, 0.25) is 0 Å². The fourth-order valence-electron chi connectivity index (χ4n) is 2.53. The topological polar surface area (TPSA) is 168 Å². The van der Waals surface area contributed by atoms with Crippen LogP contribution in [0.25, 0.3) is 0 Å². The van der Waals surface area contributed by atoms with Crippen LogP contribution in [0, 0.1) is 0 Å². The zero-order valence-electron chi connectivity index (χ0n) is 15.9. The Bertz CT molecular complexity index is 1030. The van der Waals surface area contributed by atoms with E-state index < -0.39 is 52.1 Å². The van der Waals surface area contributed by atoms with Crippen molar-refractivity contribution < 1.29 is 48.5 Å². The van der Waals surface area contributed by atoms with Crippen LogP contribution < -0.4 is 8.85 Å². The number of carbonyl (C=O) groups is 4. The summed E-state index contributed by atoms with van der Waals surface area (Å²) in [5, 5.41) is 36.5. The first-order chi connectivity index (χ1) is 13.9. The predicted molar refractivity (Wildman–Crippen MR) is 108 cm³/mol. The Morgan fingerprint density at radius 3 is 1.53 bits per heavy atom. The van der Waals surface area contributed by atoms with Crippen LogP contribution in [-0.2, 0) is 0 Å². The van der Waals surface area contributed by atoms with E-state index >= 15 is 0 Å². The summed E-state index contributed by atoms with van der Waals surface area (Å²) in [6, 6.07) is 7.29. The molecule has 30 heavy (non-hydrogen) atoms. The lowest BCUT2D eigenvalue weighted by Gasteiger charge is -2.24. The summed E-state index contributed by atoms with van der Waals surface area (Å²) in [5.41, 5.74) is -1.51. The molecular weight excluding hydrogens is 432 g/mol. The smallest absolute Gasteiger partial charge is 0.336 e. The molecule has 0 fully saturated rings. The molecule has 0 amide bonds. The van der Waals surface area contributed by atoms with Gasteiger partial charge < -0.3 is 29.3 Å². The second-order valence-electron chi connectivity index (χ2n) is 6.79. The molecule has 0 aromatic heterocycles. The van der Waals surface area contributed by atoms with Crippen LogP contribution in [0.1, 0.15) is 41.4 Å². The molecule has 0 unspecified atom stereocenters. The van der Waals surface area contributed by atoms with Crippen LogP contribution in [-0.4, -0.2) is 61.4 Å². The second kappa shape index (κ2) is 8.79. The van der Waals surface area contributed by atoms with Crippen molar-refractivity contribution in [1.29, 1.82) is 0 Å². The highest BCUT2D eigenvalue weighted by Crippen LogP contribution is 2.23. The molecule has 0 aliphatic heterocycles. The molecule has 0 spiro atoms. The summed E-state index contributed by atoms with van der Waals surface area (Å²) in [4.78, 5) is 44.8. The van der Waals surface area contributed by atoms with Gasteiger partial charge in [0.1, 0.15) is 11.5 Å². The van der Waals surface area contributed by atoms with Gasteiger partial charge >= 0.3 is 23.9 Å². The first-order valence-electron chi connectivity index (χ1n) is 8.44. The first-order valence-corrected chi connectivity index (χ1v) is 14.3. The molecule has 12 heteroatoms. The minimum absolute atomic E-state index is 0.192. The second-order valence-corrected chi connectivity index (χ2v) is 17.1. The average molecular weight is 451 g/mol. The molecule has 0 aliphatic carbocycles. The van der Waals surface area contributed by atoms with E-state index in [0.29, 0.717) is 0 Å². The lowest BCUT2D eigenvalue weighted by molar-refractivity contribution is 0.0651. The fraction of sp³-hybridized carbons (Fsp3) is 0.111. The largest absolute Gasteiger partial charge is 0.548 e. The maximum absolute atomic E-state index is 11.3. The van der Waals surface area contributed by atoms with E-state index in [1.54, 1.807) is 0 Å². The van der Waals surface area contributed by atoms with Gasteiger partial charge in [-0.3, -0.25) is 0 Å². The molecule has 4 N–H and O–H groups in total. The Balaban J connectivity index is 2.18. The summed E-state index contributed by atoms with van der Waals surface area (Å²) in [7, 11) is -3.92. The van der Waals surface area contributed by atoms with Crippen molar-refractivity contribution in [1.82, 2.24) is 0 Å². The SMILES string of the molecule is C[Si](C)(Oc1ccc(C(=O)O)c(C(=O)O)c1)[SiH2]Oc1ccc(C(=O)O)c(C(=O)O)c1. The van der Waals surface area contributed by atoms with Crippen LogP contribution in [0.5, 0.6) is 11.5 Å². The number of hydrogen-bond donors (Lipinski definition) is 4. The van der Waals surface area contributed by atoms with Gasteiger partial charge in [-0.05, 0) is 49.5 Å². The molecule has 0 atom stereocenters. The van der Waals surface area contributed by atoms with Gasteiger partial charge in [0.15, 0.2) is 0 Å². The van der Waals surface area contributed by atoms with Crippen LogP contribution in [0.2, 0.25) is 13.1 Å². The highest BCUT2D eigenvalue weighted by molar-refractivity contribution is 7.18. The normalized spacial score (nSPS) is 11.3. The molecule has 0 saturated heterocycles. The zero-order chi connectivity index (χ0) is 22.6. The molecule has 0 heterocycles.